The molecule has 0 aliphatic carbocycles. The molecule has 29 heavy (non-hydrogen) atoms. The van der Waals surface area contributed by atoms with Crippen LogP contribution >= 0.6 is 0 Å². The van der Waals surface area contributed by atoms with Crippen LogP contribution in [0.3, 0.4) is 0 Å². The average Bonchev–Trinajstić information content (AvgIpc) is 3.02. The van der Waals surface area contributed by atoms with Crippen molar-refractivity contribution in [2.75, 3.05) is 6.26 Å². The number of sulfone groups is 1. The molecule has 0 bridgehead atoms. The number of nitrogens with one attached hydrogen (secondary N) is 1. The summed E-state index contributed by atoms with van der Waals surface area (Å²) in [6, 6.07) is 14.8. The normalized spacial score (nSPS) is 11.9. The standard InChI is InChI=1S/C22H25NO5S/c1-15(2)27-13-17-8-6-7-16(11-17)12-23-22(24)21-19(14-29(3,25)26)18-9-4-5-10-20(18)28-21/h4-11,15H,12-14H2,1-3H3,(H,23,24). The molecule has 1 heterocycles. The summed E-state index contributed by atoms with van der Waals surface area (Å²) in [5, 5.41) is 3.46. The van der Waals surface area contributed by atoms with Crippen molar-refractivity contribution in [2.24, 2.45) is 0 Å². The molecule has 7 heteroatoms. The van der Waals surface area contributed by atoms with Crippen LogP contribution in [-0.4, -0.2) is 26.7 Å². The molecule has 0 fully saturated rings. The molecule has 2 aromatic carbocycles. The molecule has 3 aromatic rings. The van der Waals surface area contributed by atoms with Crippen molar-refractivity contribution in [2.45, 2.75) is 38.9 Å². The van der Waals surface area contributed by atoms with Gasteiger partial charge in [0, 0.05) is 23.8 Å². The van der Waals surface area contributed by atoms with E-state index in [1.54, 1.807) is 24.3 Å². The molecule has 0 radical (unpaired) electrons. The number of fused-ring (bicyclic) bond motifs is 1. The maximum atomic E-state index is 12.8. The molecule has 0 atom stereocenters. The molecule has 1 aromatic heterocycles. The molecule has 1 amide bonds. The van der Waals surface area contributed by atoms with Gasteiger partial charge in [0.25, 0.3) is 5.91 Å². The minimum absolute atomic E-state index is 0.0379. The van der Waals surface area contributed by atoms with Crippen LogP contribution in [0.25, 0.3) is 11.0 Å². The highest BCUT2D eigenvalue weighted by molar-refractivity contribution is 7.89. The number of ether oxygens (including phenoxy) is 1. The minimum Gasteiger partial charge on any atom is -0.451 e. The zero-order chi connectivity index (χ0) is 21.0. The number of carbonyl (C=O) groups excluding carboxylic acids is 1. The Labute approximate surface area is 170 Å². The van der Waals surface area contributed by atoms with Crippen molar-refractivity contribution in [3.63, 3.8) is 0 Å². The van der Waals surface area contributed by atoms with E-state index in [4.69, 9.17) is 9.15 Å². The van der Waals surface area contributed by atoms with E-state index < -0.39 is 15.7 Å². The molecule has 0 aliphatic heterocycles. The number of furan rings is 1. The van der Waals surface area contributed by atoms with Crippen molar-refractivity contribution in [3.8, 4) is 0 Å². The van der Waals surface area contributed by atoms with E-state index in [1.807, 2.05) is 38.1 Å². The third kappa shape index (κ3) is 5.68. The molecule has 0 saturated carbocycles. The van der Waals surface area contributed by atoms with Crippen molar-refractivity contribution in [1.82, 2.24) is 5.32 Å². The van der Waals surface area contributed by atoms with Gasteiger partial charge in [0.1, 0.15) is 5.58 Å². The van der Waals surface area contributed by atoms with Gasteiger partial charge in [-0.15, -0.1) is 0 Å². The van der Waals surface area contributed by atoms with Crippen molar-refractivity contribution < 1.29 is 22.4 Å². The van der Waals surface area contributed by atoms with Crippen LogP contribution in [0.5, 0.6) is 0 Å². The van der Waals surface area contributed by atoms with Gasteiger partial charge in [-0.1, -0.05) is 42.5 Å². The summed E-state index contributed by atoms with van der Waals surface area (Å²) < 4.78 is 35.0. The summed E-state index contributed by atoms with van der Waals surface area (Å²) in [6.45, 7) is 4.75. The maximum absolute atomic E-state index is 12.8. The zero-order valence-corrected chi connectivity index (χ0v) is 17.6. The Morgan fingerprint density at radius 2 is 1.83 bits per heavy atom. The molecule has 6 nitrogen and oxygen atoms in total. The van der Waals surface area contributed by atoms with Gasteiger partial charge in [-0.2, -0.15) is 0 Å². The summed E-state index contributed by atoms with van der Waals surface area (Å²) in [5.74, 6) is -0.658. The first-order valence-corrected chi connectivity index (χ1v) is 11.4. The number of carbonyl (C=O) groups is 1. The Hall–Kier alpha value is -2.64. The summed E-state index contributed by atoms with van der Waals surface area (Å²) >= 11 is 0. The van der Waals surface area contributed by atoms with E-state index >= 15 is 0 Å². The number of amides is 1. The monoisotopic (exact) mass is 415 g/mol. The van der Waals surface area contributed by atoms with Crippen LogP contribution in [0.15, 0.2) is 52.9 Å². The lowest BCUT2D eigenvalue weighted by molar-refractivity contribution is 0.0657. The van der Waals surface area contributed by atoms with Crippen molar-refractivity contribution in [3.05, 3.63) is 71.0 Å². The topological polar surface area (TPSA) is 85.6 Å². The van der Waals surface area contributed by atoms with Crippen LogP contribution in [0.1, 0.15) is 41.1 Å². The van der Waals surface area contributed by atoms with E-state index in [0.717, 1.165) is 17.4 Å². The predicted molar refractivity (Wildman–Crippen MR) is 112 cm³/mol. The second-order valence-electron chi connectivity index (χ2n) is 7.34. The van der Waals surface area contributed by atoms with Gasteiger partial charge in [0.15, 0.2) is 15.6 Å². The maximum Gasteiger partial charge on any atom is 0.287 e. The summed E-state index contributed by atoms with van der Waals surface area (Å²) in [6.07, 6.45) is 1.28. The first kappa shape index (κ1) is 21.1. The summed E-state index contributed by atoms with van der Waals surface area (Å²) in [4.78, 5) is 12.8. The number of hydrogen-bond donors (Lipinski definition) is 1. The van der Waals surface area contributed by atoms with E-state index in [0.29, 0.717) is 29.7 Å². The highest BCUT2D eigenvalue weighted by Gasteiger charge is 2.23. The van der Waals surface area contributed by atoms with Gasteiger partial charge in [-0.05, 0) is 31.0 Å². The average molecular weight is 416 g/mol. The fourth-order valence-electron chi connectivity index (χ4n) is 3.04. The Kier molecular flexibility index (Phi) is 6.39. The first-order valence-electron chi connectivity index (χ1n) is 9.38. The van der Waals surface area contributed by atoms with E-state index in [2.05, 4.69) is 5.32 Å². The fraction of sp³-hybridized carbons (Fsp3) is 0.318. The van der Waals surface area contributed by atoms with E-state index in [9.17, 15) is 13.2 Å². The van der Waals surface area contributed by atoms with Gasteiger partial charge in [-0.3, -0.25) is 4.79 Å². The van der Waals surface area contributed by atoms with Crippen LogP contribution in [0.4, 0.5) is 0 Å². The van der Waals surface area contributed by atoms with Gasteiger partial charge in [0.2, 0.25) is 0 Å². The Balaban J connectivity index is 1.78. The molecule has 0 saturated heterocycles. The van der Waals surface area contributed by atoms with Gasteiger partial charge >= 0.3 is 0 Å². The lowest BCUT2D eigenvalue weighted by atomic mass is 10.1. The highest BCUT2D eigenvalue weighted by Crippen LogP contribution is 2.27. The summed E-state index contributed by atoms with van der Waals surface area (Å²) in [5.41, 5.74) is 2.82. The predicted octanol–water partition coefficient (Wildman–Crippen LogP) is 3.83. The van der Waals surface area contributed by atoms with Crippen LogP contribution < -0.4 is 5.32 Å². The SMILES string of the molecule is CC(C)OCc1cccc(CNC(=O)c2oc3ccccc3c2CS(C)(=O)=O)c1. The van der Waals surface area contributed by atoms with Crippen molar-refractivity contribution >= 4 is 26.7 Å². The second kappa shape index (κ2) is 8.80. The lowest BCUT2D eigenvalue weighted by Crippen LogP contribution is -2.23. The molecular weight excluding hydrogens is 390 g/mol. The Morgan fingerprint density at radius 1 is 1.10 bits per heavy atom. The Morgan fingerprint density at radius 3 is 2.55 bits per heavy atom. The second-order valence-corrected chi connectivity index (χ2v) is 9.48. The van der Waals surface area contributed by atoms with Crippen LogP contribution in [0.2, 0.25) is 0 Å². The molecule has 154 valence electrons. The number of benzene rings is 2. The van der Waals surface area contributed by atoms with Gasteiger partial charge in [-0.25, -0.2) is 8.42 Å². The molecule has 3 rings (SSSR count). The van der Waals surface area contributed by atoms with Crippen LogP contribution in [-0.2, 0) is 33.5 Å². The fourth-order valence-corrected chi connectivity index (χ4v) is 3.85. The van der Waals surface area contributed by atoms with E-state index in [1.165, 1.54) is 0 Å². The van der Waals surface area contributed by atoms with Crippen LogP contribution in [0, 0.1) is 0 Å². The quantitative estimate of drug-likeness (QED) is 0.604. The molecule has 0 unspecified atom stereocenters. The van der Waals surface area contributed by atoms with Gasteiger partial charge in [0.05, 0.1) is 18.5 Å². The molecule has 1 N–H and O–H groups in total. The number of para-hydroxylation sites is 1. The number of hydrogen-bond acceptors (Lipinski definition) is 5. The lowest BCUT2D eigenvalue weighted by Gasteiger charge is -2.10. The third-order valence-corrected chi connectivity index (χ3v) is 5.15. The molecule has 0 aliphatic rings. The summed E-state index contributed by atoms with van der Waals surface area (Å²) in [7, 11) is -3.33. The smallest absolute Gasteiger partial charge is 0.287 e. The largest absolute Gasteiger partial charge is 0.451 e. The molecular formula is C22H25NO5S. The number of rotatable bonds is 8. The zero-order valence-electron chi connectivity index (χ0n) is 16.8. The van der Waals surface area contributed by atoms with Gasteiger partial charge < -0.3 is 14.5 Å². The minimum atomic E-state index is -3.33. The Bertz CT molecular complexity index is 1120. The first-order chi connectivity index (χ1) is 13.7. The highest BCUT2D eigenvalue weighted by atomic mass is 32.2. The molecule has 0 spiro atoms. The van der Waals surface area contributed by atoms with Crippen molar-refractivity contribution in [1.29, 1.82) is 0 Å². The third-order valence-electron chi connectivity index (χ3n) is 4.34. The van der Waals surface area contributed by atoms with E-state index in [-0.39, 0.29) is 17.6 Å².